The molecule has 1 aromatic rings. The third-order valence-electron chi connectivity index (χ3n) is 0.875. The van der Waals surface area contributed by atoms with E-state index in [2.05, 4.69) is 26.1 Å². The second-order valence-corrected chi connectivity index (χ2v) is 4.96. The van der Waals surface area contributed by atoms with Gasteiger partial charge in [-0.15, -0.1) is 10.2 Å². The van der Waals surface area contributed by atoms with E-state index in [0.29, 0.717) is 0 Å². The average molecular weight is 260 g/mol. The van der Waals surface area contributed by atoms with E-state index >= 15 is 0 Å². The second kappa shape index (κ2) is 2.72. The van der Waals surface area contributed by atoms with Crippen LogP contribution in [0, 0.1) is 0 Å². The van der Waals surface area contributed by atoms with Crippen LogP contribution in [0.5, 0.6) is 0 Å². The van der Waals surface area contributed by atoms with Crippen LogP contribution in [-0.4, -0.2) is 23.4 Å². The minimum Gasteiger partial charge on any atom is -0.205 e. The Hall–Kier alpha value is -0.140. The maximum absolute atomic E-state index is 10.7. The minimum absolute atomic E-state index is 0.120. The molecule has 0 aromatic carbocycles. The Bertz CT molecular complexity index is 372. The van der Waals surface area contributed by atoms with Gasteiger partial charge in [0.25, 0.3) is 9.05 Å². The summed E-state index contributed by atoms with van der Waals surface area (Å²) in [6.07, 6.45) is 0. The van der Waals surface area contributed by atoms with Crippen LogP contribution < -0.4 is 0 Å². The molecular formula is C3H3BrClN3O2S. The van der Waals surface area contributed by atoms with Gasteiger partial charge in [-0.2, -0.15) is 4.80 Å². The summed E-state index contributed by atoms with van der Waals surface area (Å²) in [5.41, 5.74) is 0. The van der Waals surface area contributed by atoms with Crippen molar-refractivity contribution in [1.82, 2.24) is 15.0 Å². The van der Waals surface area contributed by atoms with E-state index in [4.69, 9.17) is 10.7 Å². The largest absolute Gasteiger partial charge is 0.283 e. The fraction of sp³-hybridized carbons (Fsp3) is 0.333. The van der Waals surface area contributed by atoms with Gasteiger partial charge in [0, 0.05) is 17.7 Å². The normalized spacial score (nSPS) is 11.9. The smallest absolute Gasteiger partial charge is 0.205 e. The number of hydrogen-bond donors (Lipinski definition) is 0. The first-order valence-corrected chi connectivity index (χ1v) is 5.53. The maximum Gasteiger partial charge on any atom is 0.283 e. The molecule has 0 saturated heterocycles. The number of nitrogens with zero attached hydrogens (tertiary/aromatic N) is 3. The molecule has 1 aromatic heterocycles. The SMILES string of the molecule is Cn1nc(Br)c(S(=O)(=O)Cl)n1. The number of aromatic nitrogens is 3. The number of rotatable bonds is 1. The highest BCUT2D eigenvalue weighted by atomic mass is 79.9. The molecule has 0 aliphatic heterocycles. The Balaban J connectivity index is 3.36. The zero-order valence-corrected chi connectivity index (χ0v) is 8.48. The fourth-order valence-electron chi connectivity index (χ4n) is 0.514. The summed E-state index contributed by atoms with van der Waals surface area (Å²) in [6.45, 7) is 0. The zero-order valence-electron chi connectivity index (χ0n) is 5.32. The maximum atomic E-state index is 10.7. The van der Waals surface area contributed by atoms with E-state index < -0.39 is 9.05 Å². The van der Waals surface area contributed by atoms with Crippen molar-refractivity contribution in [1.29, 1.82) is 0 Å². The van der Waals surface area contributed by atoms with Crippen LogP contribution in [0.2, 0.25) is 0 Å². The first-order valence-electron chi connectivity index (χ1n) is 2.43. The van der Waals surface area contributed by atoms with Gasteiger partial charge in [0.15, 0.2) is 4.60 Å². The summed E-state index contributed by atoms with van der Waals surface area (Å²) < 4.78 is 21.5. The molecule has 0 radical (unpaired) electrons. The summed E-state index contributed by atoms with van der Waals surface area (Å²) in [7, 11) is 2.72. The monoisotopic (exact) mass is 259 g/mol. The lowest BCUT2D eigenvalue weighted by Gasteiger charge is -1.84. The van der Waals surface area contributed by atoms with Gasteiger partial charge >= 0.3 is 0 Å². The number of halogens is 2. The van der Waals surface area contributed by atoms with Gasteiger partial charge < -0.3 is 0 Å². The molecule has 11 heavy (non-hydrogen) atoms. The molecule has 62 valence electrons. The van der Waals surface area contributed by atoms with Gasteiger partial charge in [0.05, 0.1) is 0 Å². The van der Waals surface area contributed by atoms with Crippen LogP contribution >= 0.6 is 26.6 Å². The molecule has 0 N–H and O–H groups in total. The predicted octanol–water partition coefficient (Wildman–Crippen LogP) is 0.505. The number of aryl methyl sites for hydroxylation is 1. The summed E-state index contributed by atoms with van der Waals surface area (Å²) >= 11 is 2.89. The summed E-state index contributed by atoms with van der Waals surface area (Å²) in [5.74, 6) is 0. The molecule has 0 aliphatic rings. The van der Waals surface area contributed by atoms with E-state index in [0.717, 1.165) is 4.80 Å². The second-order valence-electron chi connectivity index (χ2n) is 1.72. The topological polar surface area (TPSA) is 64.8 Å². The first-order chi connectivity index (χ1) is 4.91. The van der Waals surface area contributed by atoms with Crippen molar-refractivity contribution in [3.05, 3.63) is 4.60 Å². The molecule has 1 heterocycles. The summed E-state index contributed by atoms with van der Waals surface area (Å²) in [6, 6.07) is 0. The van der Waals surface area contributed by atoms with Gasteiger partial charge in [-0.25, -0.2) is 8.42 Å². The molecule has 0 atom stereocenters. The van der Waals surface area contributed by atoms with Crippen LogP contribution in [0.1, 0.15) is 0 Å². The lowest BCUT2D eigenvalue weighted by molar-refractivity contribution is 0.596. The molecule has 0 spiro atoms. The molecule has 0 bridgehead atoms. The highest BCUT2D eigenvalue weighted by Gasteiger charge is 2.19. The Labute approximate surface area is 75.9 Å². The predicted molar refractivity (Wildman–Crippen MR) is 41.7 cm³/mol. The van der Waals surface area contributed by atoms with Crippen molar-refractivity contribution in [2.75, 3.05) is 0 Å². The Morgan fingerprint density at radius 2 is 2.09 bits per heavy atom. The molecule has 0 aliphatic carbocycles. The van der Waals surface area contributed by atoms with Crippen LogP contribution in [0.25, 0.3) is 0 Å². The molecule has 0 saturated carbocycles. The van der Waals surface area contributed by atoms with Crippen LogP contribution in [0.15, 0.2) is 9.63 Å². The van der Waals surface area contributed by atoms with Crippen LogP contribution in [0.4, 0.5) is 0 Å². The third-order valence-corrected chi connectivity index (χ3v) is 2.85. The van der Waals surface area contributed by atoms with Crippen LogP contribution in [-0.2, 0) is 16.1 Å². The van der Waals surface area contributed by atoms with E-state index in [1.54, 1.807) is 0 Å². The van der Waals surface area contributed by atoms with Crippen molar-refractivity contribution in [3.63, 3.8) is 0 Å². The van der Waals surface area contributed by atoms with Crippen molar-refractivity contribution in [3.8, 4) is 0 Å². The Morgan fingerprint density at radius 3 is 2.27 bits per heavy atom. The van der Waals surface area contributed by atoms with E-state index in [1.807, 2.05) is 0 Å². The molecule has 0 amide bonds. The van der Waals surface area contributed by atoms with Crippen molar-refractivity contribution in [2.45, 2.75) is 5.03 Å². The molecule has 1 rings (SSSR count). The Morgan fingerprint density at radius 1 is 1.55 bits per heavy atom. The molecule has 0 fully saturated rings. The van der Waals surface area contributed by atoms with Gasteiger partial charge in [-0.3, -0.25) is 0 Å². The summed E-state index contributed by atoms with van der Waals surface area (Å²) in [5, 5.41) is 6.89. The summed E-state index contributed by atoms with van der Waals surface area (Å²) in [4.78, 5) is 1.11. The quantitative estimate of drug-likeness (QED) is 0.690. The fourth-order valence-corrected chi connectivity index (χ4v) is 2.51. The van der Waals surface area contributed by atoms with Crippen molar-refractivity contribution in [2.24, 2.45) is 7.05 Å². The molecule has 5 nitrogen and oxygen atoms in total. The average Bonchev–Trinajstić information content (AvgIpc) is 2.08. The minimum atomic E-state index is -3.78. The van der Waals surface area contributed by atoms with Gasteiger partial charge in [-0.1, -0.05) is 0 Å². The molecule has 0 unspecified atom stereocenters. The Kier molecular flexibility index (Phi) is 2.22. The molecule has 8 heteroatoms. The van der Waals surface area contributed by atoms with E-state index in [-0.39, 0.29) is 9.63 Å². The van der Waals surface area contributed by atoms with Crippen molar-refractivity contribution >= 4 is 35.7 Å². The lowest BCUT2D eigenvalue weighted by Crippen LogP contribution is -1.95. The highest BCUT2D eigenvalue weighted by molar-refractivity contribution is 9.10. The zero-order chi connectivity index (χ0) is 8.65. The first kappa shape index (κ1) is 8.95. The van der Waals surface area contributed by atoms with Gasteiger partial charge in [0.1, 0.15) is 0 Å². The lowest BCUT2D eigenvalue weighted by atomic mass is 10.9. The third kappa shape index (κ3) is 1.91. The van der Waals surface area contributed by atoms with Crippen LogP contribution in [0.3, 0.4) is 0 Å². The number of hydrogen-bond acceptors (Lipinski definition) is 4. The van der Waals surface area contributed by atoms with Crippen molar-refractivity contribution < 1.29 is 8.42 Å². The van der Waals surface area contributed by atoms with E-state index in [9.17, 15) is 8.42 Å². The highest BCUT2D eigenvalue weighted by Crippen LogP contribution is 2.19. The standard InChI is InChI=1S/C3H3BrClN3O2S/c1-8-6-2(4)3(7-8)11(5,9)10/h1H3. The van der Waals surface area contributed by atoms with E-state index in [1.165, 1.54) is 7.05 Å². The molecular weight excluding hydrogens is 257 g/mol. The van der Waals surface area contributed by atoms with Gasteiger partial charge in [0.2, 0.25) is 5.03 Å². The van der Waals surface area contributed by atoms with Gasteiger partial charge in [-0.05, 0) is 15.9 Å².